The summed E-state index contributed by atoms with van der Waals surface area (Å²) < 4.78 is 2.40. The number of thioether (sulfide) groups is 1. The molecule has 4 rings (SSSR count). The van der Waals surface area contributed by atoms with E-state index in [0.29, 0.717) is 33.8 Å². The van der Waals surface area contributed by atoms with Crippen LogP contribution >= 0.6 is 24.0 Å². The van der Waals surface area contributed by atoms with Crippen LogP contribution in [0.3, 0.4) is 0 Å². The third-order valence-corrected chi connectivity index (χ3v) is 11.1. The van der Waals surface area contributed by atoms with Crippen LogP contribution in [0.4, 0.5) is 5.82 Å². The Balaban J connectivity index is 1.50. The highest BCUT2D eigenvalue weighted by atomic mass is 32.2. The van der Waals surface area contributed by atoms with E-state index in [4.69, 9.17) is 12.2 Å². The molecule has 47 heavy (non-hydrogen) atoms. The van der Waals surface area contributed by atoms with Crippen molar-refractivity contribution in [2.24, 2.45) is 5.92 Å². The number of pyridine rings is 1. The molecule has 0 unspecified atom stereocenters. The molecule has 3 heterocycles. The van der Waals surface area contributed by atoms with Crippen LogP contribution < -0.4 is 10.5 Å². The number of piperidine rings is 1. The van der Waals surface area contributed by atoms with Gasteiger partial charge in [0.15, 0.2) is 0 Å². The first-order valence-electron chi connectivity index (χ1n) is 18.1. The number of benzene rings is 1. The maximum atomic E-state index is 13.7. The fourth-order valence-corrected chi connectivity index (χ4v) is 8.18. The molecule has 2 aliphatic rings. The number of thiocarbonyl (C=S) groups is 1. The molecule has 0 aliphatic carbocycles. The second kappa shape index (κ2) is 19.2. The van der Waals surface area contributed by atoms with Crippen LogP contribution in [0.15, 0.2) is 40.0 Å². The lowest BCUT2D eigenvalue weighted by Gasteiger charge is -2.36. The number of carbonyl (C=O) groups is 1. The molecular formula is C39H54N4O2S2. The summed E-state index contributed by atoms with van der Waals surface area (Å²) in [5, 5.41) is 10.1. The second-order valence-electron chi connectivity index (χ2n) is 13.3. The van der Waals surface area contributed by atoms with E-state index in [0.717, 1.165) is 69.4 Å². The van der Waals surface area contributed by atoms with Crippen molar-refractivity contribution in [2.45, 2.75) is 124 Å². The molecular weight excluding hydrogens is 621 g/mol. The largest absolute Gasteiger partial charge is 0.357 e. The summed E-state index contributed by atoms with van der Waals surface area (Å²) in [5.74, 6) is 1.36. The molecule has 254 valence electrons. The number of rotatable bonds is 18. The average molecular weight is 675 g/mol. The number of nitrogens with zero attached hydrogens (tertiary/aromatic N) is 4. The van der Waals surface area contributed by atoms with Crippen LogP contribution in [0.1, 0.15) is 126 Å². The molecule has 0 atom stereocenters. The monoisotopic (exact) mass is 674 g/mol. The summed E-state index contributed by atoms with van der Waals surface area (Å²) in [6.07, 6.45) is 19.2. The van der Waals surface area contributed by atoms with Gasteiger partial charge in [0, 0.05) is 31.7 Å². The lowest BCUT2D eigenvalue weighted by Crippen LogP contribution is -2.40. The Morgan fingerprint density at radius 3 is 2.13 bits per heavy atom. The normalized spacial score (nSPS) is 16.4. The summed E-state index contributed by atoms with van der Waals surface area (Å²) in [7, 11) is 0. The zero-order valence-corrected chi connectivity index (χ0v) is 30.5. The van der Waals surface area contributed by atoms with Crippen LogP contribution in [-0.2, 0) is 17.8 Å². The molecule has 2 aliphatic heterocycles. The molecule has 1 amide bonds. The Labute approximate surface area is 292 Å². The van der Waals surface area contributed by atoms with Crippen molar-refractivity contribution >= 4 is 46.1 Å². The Bertz CT molecular complexity index is 1470. The van der Waals surface area contributed by atoms with Crippen molar-refractivity contribution in [1.82, 2.24) is 9.47 Å². The highest BCUT2D eigenvalue weighted by Gasteiger charge is 2.33. The van der Waals surface area contributed by atoms with Crippen LogP contribution in [0.2, 0.25) is 0 Å². The van der Waals surface area contributed by atoms with E-state index in [-0.39, 0.29) is 17.0 Å². The Kier molecular flexibility index (Phi) is 15.1. The average Bonchev–Trinajstić information content (AvgIpc) is 3.34. The van der Waals surface area contributed by atoms with Gasteiger partial charge in [-0.2, -0.15) is 5.26 Å². The molecule has 1 aromatic carbocycles. The van der Waals surface area contributed by atoms with Crippen molar-refractivity contribution < 1.29 is 4.79 Å². The fourth-order valence-electron chi connectivity index (χ4n) is 6.89. The van der Waals surface area contributed by atoms with E-state index in [9.17, 15) is 14.9 Å². The Hall–Kier alpha value is -2.89. The van der Waals surface area contributed by atoms with Crippen molar-refractivity contribution in [2.75, 3.05) is 24.5 Å². The third-order valence-electron chi connectivity index (χ3n) is 9.75. The van der Waals surface area contributed by atoms with Gasteiger partial charge in [-0.1, -0.05) is 132 Å². The molecule has 0 saturated carbocycles. The molecule has 2 saturated heterocycles. The first-order valence-corrected chi connectivity index (χ1v) is 19.3. The number of amides is 1. The van der Waals surface area contributed by atoms with Crippen LogP contribution in [0, 0.1) is 24.2 Å². The SMILES string of the molecule is CCCCCCCCCCCCN1C(=O)C(=Cc2c(C)c(C#N)c(=O)n(CCCC)c2N2CCC(Cc3ccccc3)CC2)SC1=S. The van der Waals surface area contributed by atoms with Gasteiger partial charge in [0.05, 0.1) is 4.91 Å². The van der Waals surface area contributed by atoms with Crippen molar-refractivity contribution in [1.29, 1.82) is 5.26 Å². The quantitative estimate of drug-likeness (QED) is 0.0892. The number of carbonyl (C=O) groups excluding carboxylic acids is 1. The minimum atomic E-state index is -0.231. The fraction of sp³-hybridized carbons (Fsp3) is 0.590. The van der Waals surface area contributed by atoms with E-state index >= 15 is 0 Å². The van der Waals surface area contributed by atoms with E-state index in [1.165, 1.54) is 68.7 Å². The maximum absolute atomic E-state index is 13.7. The number of hydrogen-bond acceptors (Lipinski definition) is 6. The second-order valence-corrected chi connectivity index (χ2v) is 15.0. The molecule has 2 aromatic rings. The topological polar surface area (TPSA) is 69.3 Å². The van der Waals surface area contributed by atoms with Crippen LogP contribution in [0.25, 0.3) is 6.08 Å². The zero-order chi connectivity index (χ0) is 33.6. The highest BCUT2D eigenvalue weighted by Crippen LogP contribution is 2.37. The standard InChI is InChI=1S/C39H54N4O2S2/c1-4-6-8-9-10-11-12-13-14-18-24-43-38(45)35(47-39(43)46)28-33-30(3)34(29-40)37(44)42(23-7-5-2)36(33)41-25-21-32(22-26-41)27-31-19-16-15-17-20-31/h15-17,19-20,28,32H,4-14,18,21-27H2,1-3H3. The van der Waals surface area contributed by atoms with Gasteiger partial charge in [0.1, 0.15) is 21.8 Å². The molecule has 0 bridgehead atoms. The van der Waals surface area contributed by atoms with Gasteiger partial charge in [-0.25, -0.2) is 0 Å². The Morgan fingerprint density at radius 2 is 1.51 bits per heavy atom. The van der Waals surface area contributed by atoms with Crippen molar-refractivity contribution in [3.05, 3.63) is 67.8 Å². The number of nitriles is 1. The van der Waals surface area contributed by atoms with Crippen molar-refractivity contribution in [3.8, 4) is 6.07 Å². The van der Waals surface area contributed by atoms with Gasteiger partial charge >= 0.3 is 0 Å². The van der Waals surface area contributed by atoms with Gasteiger partial charge < -0.3 is 4.90 Å². The van der Waals surface area contributed by atoms with E-state index < -0.39 is 0 Å². The molecule has 0 N–H and O–H groups in total. The first kappa shape index (κ1) is 36.9. The predicted octanol–water partition coefficient (Wildman–Crippen LogP) is 9.41. The number of aromatic nitrogens is 1. The number of anilines is 1. The smallest absolute Gasteiger partial charge is 0.270 e. The summed E-state index contributed by atoms with van der Waals surface area (Å²) >= 11 is 7.05. The lowest BCUT2D eigenvalue weighted by molar-refractivity contribution is -0.122. The molecule has 8 heteroatoms. The van der Waals surface area contributed by atoms with Gasteiger partial charge in [0.2, 0.25) is 0 Å². The van der Waals surface area contributed by atoms with Gasteiger partial charge in [-0.15, -0.1) is 0 Å². The van der Waals surface area contributed by atoms with E-state index in [1.807, 2.05) is 17.6 Å². The predicted molar refractivity (Wildman–Crippen MR) is 202 cm³/mol. The molecule has 1 aromatic heterocycles. The van der Waals surface area contributed by atoms with Gasteiger partial charge in [0.25, 0.3) is 11.5 Å². The summed E-state index contributed by atoms with van der Waals surface area (Å²) in [5.41, 5.74) is 2.74. The first-order chi connectivity index (χ1) is 22.9. The van der Waals surface area contributed by atoms with Crippen molar-refractivity contribution in [3.63, 3.8) is 0 Å². The molecule has 0 spiro atoms. The minimum absolute atomic E-state index is 0.0624. The van der Waals surface area contributed by atoms with Gasteiger partial charge in [-0.05, 0) is 62.1 Å². The lowest BCUT2D eigenvalue weighted by atomic mass is 9.90. The summed E-state index contributed by atoms with van der Waals surface area (Å²) in [4.78, 5) is 32.1. The zero-order valence-electron chi connectivity index (χ0n) is 28.9. The highest BCUT2D eigenvalue weighted by molar-refractivity contribution is 8.26. The third kappa shape index (κ3) is 10.1. The Morgan fingerprint density at radius 1 is 0.894 bits per heavy atom. The molecule has 6 nitrogen and oxygen atoms in total. The van der Waals surface area contributed by atoms with E-state index in [2.05, 4.69) is 55.1 Å². The van der Waals surface area contributed by atoms with E-state index in [1.54, 1.807) is 4.90 Å². The summed E-state index contributed by atoms with van der Waals surface area (Å²) in [6.45, 7) is 9.06. The van der Waals surface area contributed by atoms with Crippen LogP contribution in [0.5, 0.6) is 0 Å². The summed E-state index contributed by atoms with van der Waals surface area (Å²) in [6, 6.07) is 12.8. The van der Waals surface area contributed by atoms with Crippen LogP contribution in [-0.4, -0.2) is 39.3 Å². The number of unbranched alkanes of at least 4 members (excludes halogenated alkanes) is 10. The molecule has 0 radical (unpaired) electrons. The number of hydrogen-bond donors (Lipinski definition) is 0. The molecule has 2 fully saturated rings. The maximum Gasteiger partial charge on any atom is 0.270 e. The van der Waals surface area contributed by atoms with Gasteiger partial charge in [-0.3, -0.25) is 19.1 Å². The minimum Gasteiger partial charge on any atom is -0.357 e.